The van der Waals surface area contributed by atoms with Crippen molar-refractivity contribution in [3.63, 3.8) is 0 Å². The van der Waals surface area contributed by atoms with E-state index in [0.717, 1.165) is 11.1 Å². The second-order valence-corrected chi connectivity index (χ2v) is 2.15. The van der Waals surface area contributed by atoms with Gasteiger partial charge in [0.15, 0.2) is 0 Å². The molecule has 1 aliphatic rings. The third kappa shape index (κ3) is 1.59. The fourth-order valence-electron chi connectivity index (χ4n) is 0.686. The first-order chi connectivity index (χ1) is 4.80. The van der Waals surface area contributed by atoms with Crippen LogP contribution in [0.2, 0.25) is 0 Å². The van der Waals surface area contributed by atoms with Crippen molar-refractivity contribution in [2.45, 2.75) is 0 Å². The number of allylic oxidation sites excluding steroid dienone is 8. The first kappa shape index (κ1) is 6.81. The Labute approximate surface area is 61.6 Å². The molecule has 0 aromatic rings. The molecule has 1 rings (SSSR count). The maximum absolute atomic E-state index is 3.83. The van der Waals surface area contributed by atoms with E-state index in [2.05, 4.69) is 13.2 Å². The predicted octanol–water partition coefficient (Wildman–Crippen LogP) is 2.78. The van der Waals surface area contributed by atoms with Crippen LogP contribution in [0.5, 0.6) is 0 Å². The van der Waals surface area contributed by atoms with Gasteiger partial charge in [-0.1, -0.05) is 49.6 Å². The van der Waals surface area contributed by atoms with Gasteiger partial charge in [0.2, 0.25) is 0 Å². The molecule has 1 aliphatic carbocycles. The fraction of sp³-hybridized carbons (Fsp3) is 0. The topological polar surface area (TPSA) is 0 Å². The van der Waals surface area contributed by atoms with E-state index in [1.54, 1.807) is 0 Å². The highest BCUT2D eigenvalue weighted by Gasteiger charge is 1.89. The van der Waals surface area contributed by atoms with E-state index >= 15 is 0 Å². The summed E-state index contributed by atoms with van der Waals surface area (Å²) in [6, 6.07) is 0. The Hall–Kier alpha value is -1.30. The summed E-state index contributed by atoms with van der Waals surface area (Å²) in [5, 5.41) is 0. The zero-order chi connectivity index (χ0) is 7.40. The maximum Gasteiger partial charge on any atom is -0.0262 e. The van der Waals surface area contributed by atoms with E-state index in [4.69, 9.17) is 0 Å². The van der Waals surface area contributed by atoms with Crippen LogP contribution in [0.25, 0.3) is 0 Å². The number of rotatable bonds is 0. The Morgan fingerprint density at radius 3 is 1.50 bits per heavy atom. The molecule has 0 aromatic heterocycles. The summed E-state index contributed by atoms with van der Waals surface area (Å²) in [5.41, 5.74) is 1.95. The van der Waals surface area contributed by atoms with Gasteiger partial charge in [0, 0.05) is 0 Å². The lowest BCUT2D eigenvalue weighted by Gasteiger charge is -1.97. The second kappa shape index (κ2) is 3.02. The van der Waals surface area contributed by atoms with E-state index in [1.807, 2.05) is 36.5 Å². The van der Waals surface area contributed by atoms with Crippen molar-refractivity contribution in [2.24, 2.45) is 0 Å². The zero-order valence-corrected chi connectivity index (χ0v) is 5.88. The van der Waals surface area contributed by atoms with Crippen molar-refractivity contribution in [1.29, 1.82) is 0 Å². The van der Waals surface area contributed by atoms with E-state index in [9.17, 15) is 0 Å². The van der Waals surface area contributed by atoms with E-state index in [1.165, 1.54) is 0 Å². The molecule has 50 valence electrons. The molecule has 0 amide bonds. The number of hydrogen-bond acceptors (Lipinski definition) is 0. The molecule has 0 radical (unpaired) electrons. The first-order valence-electron chi connectivity index (χ1n) is 3.20. The van der Waals surface area contributed by atoms with Crippen LogP contribution >= 0.6 is 0 Å². The molecule has 0 unspecified atom stereocenters. The van der Waals surface area contributed by atoms with Crippen LogP contribution < -0.4 is 0 Å². The lowest BCUT2D eigenvalue weighted by atomic mass is 10.1. The SMILES string of the molecule is C=C1\C=C/C=C\C=C/C1=C. The molecule has 0 saturated carbocycles. The van der Waals surface area contributed by atoms with Crippen LogP contribution in [-0.2, 0) is 0 Å². The molecule has 10 heavy (non-hydrogen) atoms. The summed E-state index contributed by atoms with van der Waals surface area (Å²) in [6.45, 7) is 7.65. The normalized spacial score (nSPS) is 26.8. The Bertz CT molecular complexity index is 211. The molecule has 0 heteroatoms. The zero-order valence-electron chi connectivity index (χ0n) is 5.88. The van der Waals surface area contributed by atoms with Gasteiger partial charge in [-0.25, -0.2) is 0 Å². The molecule has 0 aliphatic heterocycles. The average molecular weight is 130 g/mol. The van der Waals surface area contributed by atoms with Gasteiger partial charge < -0.3 is 0 Å². The van der Waals surface area contributed by atoms with E-state index in [0.29, 0.717) is 0 Å². The standard InChI is InChI=1S/C10H10/c1-9-7-5-3-4-6-8-10(9)2/h3-8H,1-2H2/b4-3-,7-5-,8-6-. The molecular formula is C10H10. The molecule has 0 atom stereocenters. The molecule has 0 heterocycles. The summed E-state index contributed by atoms with van der Waals surface area (Å²) in [5.74, 6) is 0. The molecule has 0 fully saturated rings. The lowest BCUT2D eigenvalue weighted by Crippen LogP contribution is -1.78. The molecular weight excluding hydrogens is 120 g/mol. The maximum atomic E-state index is 3.83. The van der Waals surface area contributed by atoms with Crippen LogP contribution in [-0.4, -0.2) is 0 Å². The molecule has 0 spiro atoms. The summed E-state index contributed by atoms with van der Waals surface area (Å²) in [6.07, 6.45) is 11.7. The van der Waals surface area contributed by atoms with E-state index < -0.39 is 0 Å². The van der Waals surface area contributed by atoms with Crippen molar-refractivity contribution >= 4 is 0 Å². The highest BCUT2D eigenvalue weighted by Crippen LogP contribution is 2.09. The van der Waals surface area contributed by atoms with Gasteiger partial charge in [0.05, 0.1) is 0 Å². The highest BCUT2D eigenvalue weighted by atomic mass is 13.9. The Morgan fingerprint density at radius 1 is 0.700 bits per heavy atom. The predicted molar refractivity (Wildman–Crippen MR) is 45.7 cm³/mol. The molecule has 0 N–H and O–H groups in total. The fourth-order valence-corrected chi connectivity index (χ4v) is 0.686. The van der Waals surface area contributed by atoms with Crippen molar-refractivity contribution < 1.29 is 0 Å². The van der Waals surface area contributed by atoms with E-state index in [-0.39, 0.29) is 0 Å². The molecule has 0 saturated heterocycles. The average Bonchev–Trinajstić information content (AvgIpc) is 1.92. The Kier molecular flexibility index (Phi) is 2.06. The lowest BCUT2D eigenvalue weighted by molar-refractivity contribution is 1.58. The molecule has 0 bridgehead atoms. The molecule has 0 aromatic carbocycles. The van der Waals surface area contributed by atoms with Crippen molar-refractivity contribution in [2.75, 3.05) is 0 Å². The third-order valence-corrected chi connectivity index (χ3v) is 1.34. The second-order valence-electron chi connectivity index (χ2n) is 2.15. The van der Waals surface area contributed by atoms with Crippen LogP contribution in [0.15, 0.2) is 60.8 Å². The van der Waals surface area contributed by atoms with Crippen molar-refractivity contribution in [1.82, 2.24) is 0 Å². The number of hydrogen-bond donors (Lipinski definition) is 0. The first-order valence-corrected chi connectivity index (χ1v) is 3.20. The van der Waals surface area contributed by atoms with Gasteiger partial charge in [-0.05, 0) is 11.1 Å². The van der Waals surface area contributed by atoms with Crippen LogP contribution in [0.1, 0.15) is 0 Å². The summed E-state index contributed by atoms with van der Waals surface area (Å²) in [7, 11) is 0. The van der Waals surface area contributed by atoms with Gasteiger partial charge in [0.25, 0.3) is 0 Å². The summed E-state index contributed by atoms with van der Waals surface area (Å²) in [4.78, 5) is 0. The minimum atomic E-state index is 0.973. The molecule has 0 nitrogen and oxygen atoms in total. The monoisotopic (exact) mass is 130 g/mol. The van der Waals surface area contributed by atoms with Gasteiger partial charge in [-0.2, -0.15) is 0 Å². The van der Waals surface area contributed by atoms with Gasteiger partial charge in [-0.15, -0.1) is 0 Å². The highest BCUT2D eigenvalue weighted by molar-refractivity contribution is 5.45. The van der Waals surface area contributed by atoms with Gasteiger partial charge in [0.1, 0.15) is 0 Å². The smallest absolute Gasteiger partial charge is 0.0262 e. The van der Waals surface area contributed by atoms with Crippen molar-refractivity contribution in [3.05, 3.63) is 60.8 Å². The Morgan fingerprint density at radius 2 is 1.10 bits per heavy atom. The van der Waals surface area contributed by atoms with Crippen LogP contribution in [0.4, 0.5) is 0 Å². The van der Waals surface area contributed by atoms with Gasteiger partial charge >= 0.3 is 0 Å². The summed E-state index contributed by atoms with van der Waals surface area (Å²) < 4.78 is 0. The van der Waals surface area contributed by atoms with Crippen molar-refractivity contribution in [3.8, 4) is 0 Å². The van der Waals surface area contributed by atoms with Crippen LogP contribution in [0.3, 0.4) is 0 Å². The van der Waals surface area contributed by atoms with Gasteiger partial charge in [-0.3, -0.25) is 0 Å². The minimum absolute atomic E-state index is 0.973. The van der Waals surface area contributed by atoms with Crippen LogP contribution in [0, 0.1) is 0 Å². The quantitative estimate of drug-likeness (QED) is 0.473. The Balaban J connectivity index is 2.92. The summed E-state index contributed by atoms with van der Waals surface area (Å²) >= 11 is 0. The third-order valence-electron chi connectivity index (χ3n) is 1.34. The largest absolute Gasteiger partial charge is 0.0912 e. The minimum Gasteiger partial charge on any atom is -0.0912 e.